The number of primary amides is 1. The first-order valence-corrected chi connectivity index (χ1v) is 26.6. The molecule has 4 aromatic carbocycles. The Bertz CT molecular complexity index is 3100. The summed E-state index contributed by atoms with van der Waals surface area (Å²) in [4.78, 5) is 122. The number of carbonyl (C=O) groups is 8. The molecule has 0 aliphatic rings. The van der Waals surface area contributed by atoms with Crippen LogP contribution in [0, 0.1) is 0 Å². The standard InChI is InChI=1S/C57H76N14O13/c1-81-47-15-11-31(22-35(47)51(59)77)27-44(74)40(8-5-19-66-55(60)61)69-53(79)37-24-33(13-17-49(37)83-3)29-46(76)42(10-7-21-68-57(64)65)71-54(80)38-25-34(14-18-50(38)84-4)28-45(75)41(9-6-20-67-56(62)63)70-52(78)36-23-32(12-16-48(36)82-2)26-43(73)39(58)30-72/h11-18,22-25,39-42,72H,5-10,19-21,26-30,58H2,1-4H3,(H2,59,77)(H,69,79)(H,70,78)(H,71,80)(H4,60,61,66)(H4,62,63,67)(H4,64,65,68)/t39-,40-,41-,42-/m1/s1. The fourth-order valence-corrected chi connectivity index (χ4v) is 8.75. The molecule has 0 aromatic heterocycles. The number of ketones is 4. The van der Waals surface area contributed by atoms with Gasteiger partial charge in [0, 0.05) is 45.3 Å². The smallest absolute Gasteiger partial charge is 0.255 e. The molecule has 0 spiro atoms. The van der Waals surface area contributed by atoms with Crippen molar-refractivity contribution in [3.8, 4) is 23.0 Å². The summed E-state index contributed by atoms with van der Waals surface area (Å²) in [6, 6.07) is 13.4. The summed E-state index contributed by atoms with van der Waals surface area (Å²) < 4.78 is 21.8. The second-order valence-corrected chi connectivity index (χ2v) is 19.3. The van der Waals surface area contributed by atoms with Gasteiger partial charge in [-0.2, -0.15) is 0 Å². The number of hydrogen-bond donors (Lipinski definition) is 12. The van der Waals surface area contributed by atoms with Gasteiger partial charge in [0.2, 0.25) is 0 Å². The van der Waals surface area contributed by atoms with E-state index in [0.717, 1.165) is 0 Å². The normalized spacial score (nSPS) is 12.2. The van der Waals surface area contributed by atoms with Crippen LogP contribution in [-0.4, -0.2) is 149 Å². The van der Waals surface area contributed by atoms with Crippen LogP contribution in [0.4, 0.5) is 0 Å². The van der Waals surface area contributed by atoms with Gasteiger partial charge < -0.3 is 85.9 Å². The number of aliphatic imine (C=N–C) groups is 3. The van der Waals surface area contributed by atoms with Gasteiger partial charge >= 0.3 is 0 Å². The van der Waals surface area contributed by atoms with E-state index < -0.39 is 77.5 Å². The number of nitrogens with one attached hydrogen (secondary N) is 3. The Morgan fingerprint density at radius 3 is 0.940 bits per heavy atom. The van der Waals surface area contributed by atoms with Crippen molar-refractivity contribution in [1.29, 1.82) is 0 Å². The van der Waals surface area contributed by atoms with Crippen LogP contribution < -0.4 is 80.8 Å². The van der Waals surface area contributed by atoms with Gasteiger partial charge in [0.05, 0.1) is 81.5 Å². The minimum absolute atomic E-state index is 0.0159. The quantitative estimate of drug-likeness (QED) is 0.0150. The number of rotatable bonds is 36. The third-order valence-corrected chi connectivity index (χ3v) is 13.1. The monoisotopic (exact) mass is 1160 g/mol. The molecule has 0 bridgehead atoms. The van der Waals surface area contributed by atoms with Crippen LogP contribution in [-0.2, 0) is 44.9 Å². The number of ether oxygens (including phenoxy) is 4. The molecule has 27 heteroatoms. The molecule has 0 heterocycles. The van der Waals surface area contributed by atoms with Crippen LogP contribution in [0.25, 0.3) is 0 Å². The maximum atomic E-state index is 14.4. The van der Waals surface area contributed by atoms with Crippen molar-refractivity contribution in [3.63, 3.8) is 0 Å². The fraction of sp³-hybridized carbons (Fsp3) is 0.386. The van der Waals surface area contributed by atoms with E-state index in [1.165, 1.54) is 77.0 Å². The molecule has 0 fully saturated rings. The third-order valence-electron chi connectivity index (χ3n) is 13.1. The number of Topliss-reactive ketones (excluding diaryl/α,β-unsaturated/α-hetero) is 4. The lowest BCUT2D eigenvalue weighted by Gasteiger charge is -2.21. The van der Waals surface area contributed by atoms with Crippen molar-refractivity contribution in [1.82, 2.24) is 16.0 Å². The zero-order valence-electron chi connectivity index (χ0n) is 47.4. The number of benzene rings is 4. The zero-order valence-corrected chi connectivity index (χ0v) is 47.4. The maximum Gasteiger partial charge on any atom is 0.255 e. The van der Waals surface area contributed by atoms with Gasteiger partial charge in [-0.15, -0.1) is 0 Å². The molecule has 4 aromatic rings. The number of aliphatic hydroxyl groups excluding tert-OH is 1. The molecule has 4 rings (SSSR count). The van der Waals surface area contributed by atoms with Crippen molar-refractivity contribution in [2.24, 2.45) is 60.8 Å². The van der Waals surface area contributed by atoms with E-state index in [1.54, 1.807) is 24.3 Å². The topological polar surface area (TPSA) is 475 Å². The molecule has 4 atom stereocenters. The number of hydrogen-bond acceptors (Lipinski definition) is 17. The number of carbonyl (C=O) groups excluding carboxylic acids is 8. The first kappa shape index (κ1) is 66.9. The molecule has 0 radical (unpaired) electrons. The van der Waals surface area contributed by atoms with Gasteiger partial charge in [0.15, 0.2) is 41.0 Å². The van der Waals surface area contributed by atoms with Crippen molar-refractivity contribution < 1.29 is 62.4 Å². The number of nitrogens with two attached hydrogens (primary N) is 8. The van der Waals surface area contributed by atoms with Crippen molar-refractivity contribution >= 4 is 64.6 Å². The first-order chi connectivity index (χ1) is 40.0. The Morgan fingerprint density at radius 1 is 0.429 bits per heavy atom. The predicted molar refractivity (Wildman–Crippen MR) is 314 cm³/mol. The average Bonchev–Trinajstić information content (AvgIpc) is 3.42. The molecular formula is C57H76N14O13. The number of methoxy groups -OCH3 is 4. The number of guanidine groups is 3. The summed E-state index contributed by atoms with van der Waals surface area (Å²) >= 11 is 0. The van der Waals surface area contributed by atoms with Crippen LogP contribution in [0.1, 0.15) is 102 Å². The van der Waals surface area contributed by atoms with Gasteiger partial charge in [-0.1, -0.05) is 24.3 Å². The highest BCUT2D eigenvalue weighted by atomic mass is 16.5. The molecule has 0 unspecified atom stereocenters. The van der Waals surface area contributed by atoms with E-state index in [1.807, 2.05) is 0 Å². The van der Waals surface area contributed by atoms with E-state index in [-0.39, 0.29) is 147 Å². The lowest BCUT2D eigenvalue weighted by Crippen LogP contribution is -2.42. The average molecular weight is 1170 g/mol. The number of amides is 4. The van der Waals surface area contributed by atoms with Crippen LogP contribution in [0.2, 0.25) is 0 Å². The highest BCUT2D eigenvalue weighted by Gasteiger charge is 2.29. The van der Waals surface area contributed by atoms with Crippen molar-refractivity contribution in [2.75, 3.05) is 54.7 Å². The fourth-order valence-electron chi connectivity index (χ4n) is 8.75. The second-order valence-electron chi connectivity index (χ2n) is 19.3. The van der Waals surface area contributed by atoms with Crippen LogP contribution in [0.15, 0.2) is 87.8 Å². The largest absolute Gasteiger partial charge is 0.496 e. The van der Waals surface area contributed by atoms with E-state index in [0.29, 0.717) is 22.3 Å². The summed E-state index contributed by atoms with van der Waals surface area (Å²) in [5.74, 6) is -4.71. The summed E-state index contributed by atoms with van der Waals surface area (Å²) in [7, 11) is 5.40. The first-order valence-electron chi connectivity index (χ1n) is 26.6. The highest BCUT2D eigenvalue weighted by Crippen LogP contribution is 2.26. The highest BCUT2D eigenvalue weighted by molar-refractivity contribution is 6.04. The zero-order chi connectivity index (χ0) is 62.0. The maximum absolute atomic E-state index is 14.4. The lowest BCUT2D eigenvalue weighted by atomic mass is 9.96. The molecule has 4 amide bonds. The molecule has 452 valence electrons. The molecule has 0 saturated heterocycles. The number of aliphatic hydroxyl groups is 1. The Hall–Kier alpha value is -9.63. The van der Waals surface area contributed by atoms with Crippen LogP contribution in [0.5, 0.6) is 23.0 Å². The molecule has 84 heavy (non-hydrogen) atoms. The van der Waals surface area contributed by atoms with E-state index >= 15 is 0 Å². The van der Waals surface area contributed by atoms with E-state index in [9.17, 15) is 43.5 Å². The van der Waals surface area contributed by atoms with Crippen LogP contribution in [0.3, 0.4) is 0 Å². The Morgan fingerprint density at radius 2 is 0.690 bits per heavy atom. The minimum atomic E-state index is -1.17. The Labute approximate surface area is 485 Å². The van der Waals surface area contributed by atoms with Gasteiger partial charge in [-0.25, -0.2) is 0 Å². The molecule has 0 aliphatic carbocycles. The van der Waals surface area contributed by atoms with Gasteiger partial charge in [-0.3, -0.25) is 53.3 Å². The summed E-state index contributed by atoms with van der Waals surface area (Å²) in [5.41, 5.74) is 46.0. The van der Waals surface area contributed by atoms with E-state index in [2.05, 4.69) is 30.9 Å². The van der Waals surface area contributed by atoms with E-state index in [4.69, 9.17) is 64.8 Å². The summed E-state index contributed by atoms with van der Waals surface area (Å²) in [6.45, 7) is -0.182. The van der Waals surface area contributed by atoms with Gasteiger partial charge in [-0.05, 0) is 109 Å². The summed E-state index contributed by atoms with van der Waals surface area (Å²) in [6.07, 6.45) is 0.00163. The SMILES string of the molecule is COc1ccc(CC(=O)[C@@H](CCCN=C(N)N)NC(=O)c2cc(CC(=O)[C@@H](CCCN=C(N)N)NC(=O)c3cc(CC(=O)[C@@H](CCCN=C(N)N)NC(=O)c4cc(CC(=O)[C@H](N)CO)ccc4OC)ccc3OC)ccc2OC)cc1C(N)=O. The molecule has 20 N–H and O–H groups in total. The molecule has 27 nitrogen and oxygen atoms in total. The lowest BCUT2D eigenvalue weighted by molar-refractivity contribution is -0.121. The Balaban J connectivity index is 1.62. The van der Waals surface area contributed by atoms with Gasteiger partial charge in [0.25, 0.3) is 23.6 Å². The van der Waals surface area contributed by atoms with Gasteiger partial charge in [0.1, 0.15) is 23.0 Å². The second kappa shape index (κ2) is 33.3. The molecule has 0 aliphatic heterocycles. The Kier molecular flexibility index (Phi) is 26.5. The minimum Gasteiger partial charge on any atom is -0.496 e. The third kappa shape index (κ3) is 20.7. The molecule has 0 saturated carbocycles. The summed E-state index contributed by atoms with van der Waals surface area (Å²) in [5, 5.41) is 17.7. The van der Waals surface area contributed by atoms with Crippen molar-refractivity contribution in [3.05, 3.63) is 117 Å². The van der Waals surface area contributed by atoms with Crippen molar-refractivity contribution in [2.45, 2.75) is 88.4 Å². The molecular weight excluding hydrogens is 1090 g/mol. The van der Waals surface area contributed by atoms with Crippen LogP contribution >= 0.6 is 0 Å². The predicted octanol–water partition coefficient (Wildman–Crippen LogP) is -0.858. The number of nitrogens with zero attached hydrogens (tertiary/aromatic N) is 3.